The van der Waals surface area contributed by atoms with Crippen LogP contribution in [0, 0.1) is 19.8 Å². The Labute approximate surface area is 175 Å². The number of aliphatic hydroxyl groups is 1. The summed E-state index contributed by atoms with van der Waals surface area (Å²) in [5.74, 6) is 2.12. The highest BCUT2D eigenvalue weighted by Crippen LogP contribution is 2.24. The van der Waals surface area contributed by atoms with E-state index < -0.39 is 0 Å². The Morgan fingerprint density at radius 1 is 1.27 bits per heavy atom. The maximum atomic E-state index is 9.19. The quantitative estimate of drug-likeness (QED) is 0.274. The molecular weight excluding hydrogens is 443 g/mol. The molecule has 26 heavy (non-hydrogen) atoms. The first kappa shape index (κ1) is 24.9. The summed E-state index contributed by atoms with van der Waals surface area (Å²) >= 11 is 0. The molecule has 0 aliphatic heterocycles. The molecule has 150 valence electrons. The lowest BCUT2D eigenvalue weighted by atomic mass is 10.0. The molecule has 7 heteroatoms. The van der Waals surface area contributed by atoms with Crippen molar-refractivity contribution < 1.29 is 9.84 Å². The minimum Gasteiger partial charge on any atom is -0.496 e. The van der Waals surface area contributed by atoms with Gasteiger partial charge in [-0.3, -0.25) is 4.98 Å². The molecule has 0 amide bonds. The zero-order valence-electron chi connectivity index (χ0n) is 16.8. The van der Waals surface area contributed by atoms with Crippen LogP contribution in [0.15, 0.2) is 11.2 Å². The van der Waals surface area contributed by atoms with Gasteiger partial charge in [-0.1, -0.05) is 13.3 Å². The van der Waals surface area contributed by atoms with Gasteiger partial charge < -0.3 is 20.5 Å². The number of methoxy groups -OCH3 is 1. The zero-order valence-corrected chi connectivity index (χ0v) is 19.1. The summed E-state index contributed by atoms with van der Waals surface area (Å²) in [6.45, 7) is 10.6. The van der Waals surface area contributed by atoms with Crippen LogP contribution in [0.5, 0.6) is 5.75 Å². The van der Waals surface area contributed by atoms with Crippen molar-refractivity contribution in [1.29, 1.82) is 0 Å². The zero-order chi connectivity index (χ0) is 18.7. The van der Waals surface area contributed by atoms with E-state index >= 15 is 0 Å². The number of guanidine groups is 1. The number of nitrogens with one attached hydrogen (secondary N) is 2. The fourth-order valence-electron chi connectivity index (χ4n) is 2.91. The molecule has 1 rings (SSSR count). The van der Waals surface area contributed by atoms with Gasteiger partial charge >= 0.3 is 0 Å². The molecule has 1 heterocycles. The molecule has 6 nitrogen and oxygen atoms in total. The topological polar surface area (TPSA) is 78.8 Å². The third kappa shape index (κ3) is 8.07. The molecule has 0 saturated carbocycles. The molecule has 1 atom stereocenters. The first-order valence-corrected chi connectivity index (χ1v) is 9.19. The normalized spacial score (nSPS) is 12.3. The van der Waals surface area contributed by atoms with Gasteiger partial charge in [0.15, 0.2) is 5.96 Å². The molecule has 1 aromatic rings. The monoisotopic (exact) mass is 478 g/mol. The van der Waals surface area contributed by atoms with E-state index in [9.17, 15) is 5.11 Å². The van der Waals surface area contributed by atoms with Crippen molar-refractivity contribution in [3.8, 4) is 5.75 Å². The van der Waals surface area contributed by atoms with E-state index in [0.29, 0.717) is 12.5 Å². The molecule has 0 aliphatic rings. The lowest BCUT2D eigenvalue weighted by Gasteiger charge is -2.18. The van der Waals surface area contributed by atoms with Gasteiger partial charge in [-0.15, -0.1) is 24.0 Å². The van der Waals surface area contributed by atoms with Gasteiger partial charge in [0.1, 0.15) is 5.75 Å². The van der Waals surface area contributed by atoms with Gasteiger partial charge in [-0.05, 0) is 39.5 Å². The summed E-state index contributed by atoms with van der Waals surface area (Å²) < 4.78 is 5.46. The van der Waals surface area contributed by atoms with E-state index in [1.54, 1.807) is 7.11 Å². The number of hydrogen-bond acceptors (Lipinski definition) is 4. The van der Waals surface area contributed by atoms with E-state index in [2.05, 4.69) is 27.5 Å². The van der Waals surface area contributed by atoms with Crippen molar-refractivity contribution in [2.75, 3.05) is 26.8 Å². The highest BCUT2D eigenvalue weighted by molar-refractivity contribution is 14.0. The molecular formula is C19H35IN4O2. The Bertz CT molecular complexity index is 547. The molecule has 0 fully saturated rings. The van der Waals surface area contributed by atoms with Gasteiger partial charge in [-0.2, -0.15) is 0 Å². The molecule has 0 saturated heterocycles. The second-order valence-electron chi connectivity index (χ2n) is 6.29. The van der Waals surface area contributed by atoms with Crippen molar-refractivity contribution in [3.05, 3.63) is 23.0 Å². The Hall–Kier alpha value is -1.09. The molecule has 3 N–H and O–H groups in total. The Morgan fingerprint density at radius 2 is 2.00 bits per heavy atom. The Kier molecular flexibility index (Phi) is 13.4. The van der Waals surface area contributed by atoms with Crippen molar-refractivity contribution in [2.45, 2.75) is 53.5 Å². The van der Waals surface area contributed by atoms with Crippen LogP contribution in [0.2, 0.25) is 0 Å². The lowest BCUT2D eigenvalue weighted by Crippen LogP contribution is -2.40. The predicted molar refractivity (Wildman–Crippen MR) is 119 cm³/mol. The number of aromatic nitrogens is 1. The fraction of sp³-hybridized carbons (Fsp3) is 0.684. The number of hydrogen-bond donors (Lipinski definition) is 3. The van der Waals surface area contributed by atoms with Crippen molar-refractivity contribution in [2.24, 2.45) is 10.9 Å². The number of nitrogens with zero attached hydrogens (tertiary/aromatic N) is 2. The number of ether oxygens (including phenoxy) is 1. The van der Waals surface area contributed by atoms with Crippen molar-refractivity contribution >= 4 is 29.9 Å². The number of aliphatic imine (C=N–C) groups is 1. The number of rotatable bonds is 10. The summed E-state index contributed by atoms with van der Waals surface area (Å²) in [4.78, 5) is 9.15. The molecule has 1 unspecified atom stereocenters. The van der Waals surface area contributed by atoms with Crippen LogP contribution in [0.4, 0.5) is 0 Å². The van der Waals surface area contributed by atoms with Gasteiger partial charge in [0.2, 0.25) is 0 Å². The highest BCUT2D eigenvalue weighted by Gasteiger charge is 2.11. The van der Waals surface area contributed by atoms with Gasteiger partial charge in [0.25, 0.3) is 0 Å². The number of aliphatic hydroxyl groups excluding tert-OH is 1. The number of halogens is 1. The van der Waals surface area contributed by atoms with Crippen LogP contribution in [0.25, 0.3) is 0 Å². The van der Waals surface area contributed by atoms with Gasteiger partial charge in [0, 0.05) is 37.0 Å². The number of pyridine rings is 1. The van der Waals surface area contributed by atoms with E-state index in [0.717, 1.165) is 60.9 Å². The van der Waals surface area contributed by atoms with E-state index in [4.69, 9.17) is 4.74 Å². The van der Waals surface area contributed by atoms with E-state index in [-0.39, 0.29) is 30.6 Å². The molecule has 0 radical (unpaired) electrons. The first-order valence-electron chi connectivity index (χ1n) is 9.19. The first-order chi connectivity index (χ1) is 12.1. The largest absolute Gasteiger partial charge is 0.496 e. The van der Waals surface area contributed by atoms with Crippen LogP contribution in [-0.2, 0) is 6.54 Å². The molecule has 0 aromatic carbocycles. The van der Waals surface area contributed by atoms with E-state index in [1.807, 2.05) is 27.0 Å². The highest BCUT2D eigenvalue weighted by atomic mass is 127. The summed E-state index contributed by atoms with van der Waals surface area (Å²) in [7, 11) is 1.68. The maximum Gasteiger partial charge on any atom is 0.191 e. The van der Waals surface area contributed by atoms with Crippen LogP contribution < -0.4 is 15.4 Å². The average Bonchev–Trinajstić information content (AvgIpc) is 2.59. The second-order valence-corrected chi connectivity index (χ2v) is 6.29. The van der Waals surface area contributed by atoms with Crippen molar-refractivity contribution in [3.63, 3.8) is 0 Å². The predicted octanol–water partition coefficient (Wildman–Crippen LogP) is 3.18. The molecule has 0 spiro atoms. The van der Waals surface area contributed by atoms with Crippen LogP contribution >= 0.6 is 24.0 Å². The summed E-state index contributed by atoms with van der Waals surface area (Å²) in [6, 6.07) is 0. The fourth-order valence-corrected chi connectivity index (χ4v) is 2.91. The van der Waals surface area contributed by atoms with Crippen LogP contribution in [0.1, 0.15) is 49.9 Å². The number of aryl methyl sites for hydroxylation is 1. The lowest BCUT2D eigenvalue weighted by molar-refractivity contribution is 0.251. The molecule has 1 aromatic heterocycles. The Balaban J connectivity index is 0.00000625. The van der Waals surface area contributed by atoms with E-state index in [1.165, 1.54) is 0 Å². The minimum atomic E-state index is 0. The SMILES string of the molecule is CCCC(CCO)CNC(=NCc1ncc(C)c(OC)c1C)NCC.I. The third-order valence-corrected chi connectivity index (χ3v) is 4.27. The summed E-state index contributed by atoms with van der Waals surface area (Å²) in [5.41, 5.74) is 2.98. The summed E-state index contributed by atoms with van der Waals surface area (Å²) in [5, 5.41) is 15.9. The minimum absolute atomic E-state index is 0. The van der Waals surface area contributed by atoms with Crippen molar-refractivity contribution in [1.82, 2.24) is 15.6 Å². The third-order valence-electron chi connectivity index (χ3n) is 4.27. The maximum absolute atomic E-state index is 9.19. The Morgan fingerprint density at radius 3 is 2.58 bits per heavy atom. The smallest absolute Gasteiger partial charge is 0.191 e. The van der Waals surface area contributed by atoms with Gasteiger partial charge in [0.05, 0.1) is 19.3 Å². The molecule has 0 bridgehead atoms. The summed E-state index contributed by atoms with van der Waals surface area (Å²) in [6.07, 6.45) is 4.86. The van der Waals surface area contributed by atoms with Crippen LogP contribution in [-0.4, -0.2) is 42.9 Å². The van der Waals surface area contributed by atoms with Gasteiger partial charge in [-0.25, -0.2) is 4.99 Å². The standard InChI is InChI=1S/C19H34N4O2.HI/c1-6-8-16(9-10-24)12-22-19(20-7-2)23-13-17-15(4)18(25-5)14(3)11-21-17;/h11,16,24H,6-10,12-13H2,1-5H3,(H2,20,22,23);1H. The average molecular weight is 478 g/mol. The molecule has 0 aliphatic carbocycles. The van der Waals surface area contributed by atoms with Crippen LogP contribution in [0.3, 0.4) is 0 Å². The second kappa shape index (κ2) is 14.0.